The summed E-state index contributed by atoms with van der Waals surface area (Å²) in [6.45, 7) is -0.343. The maximum absolute atomic E-state index is 11.0. The molecule has 0 amide bonds. The van der Waals surface area contributed by atoms with Gasteiger partial charge in [-0.2, -0.15) is 8.42 Å². The van der Waals surface area contributed by atoms with Crippen LogP contribution < -0.4 is 5.14 Å². The standard InChI is InChI=1S/C19H21IN4O5S/c20-13-9-24(17-8-15(25)16(29-17)10-28-30(21,26)27)19-18(13)14(22-11-23-19)7-6-12-4-2-1-3-5-12/h1-5,9,11,15-17,25H,6-8,10H2,(H2,21,26,27)/t15-,16+,17+/m0/s1. The summed E-state index contributed by atoms with van der Waals surface area (Å²) >= 11 is 2.24. The second-order valence-corrected chi connectivity index (χ2v) is 9.48. The van der Waals surface area contributed by atoms with E-state index in [1.165, 1.54) is 11.9 Å². The van der Waals surface area contributed by atoms with Crippen molar-refractivity contribution in [3.63, 3.8) is 0 Å². The average molecular weight is 544 g/mol. The van der Waals surface area contributed by atoms with Crippen molar-refractivity contribution in [2.75, 3.05) is 6.61 Å². The molecule has 3 atom stereocenters. The van der Waals surface area contributed by atoms with Crippen LogP contribution >= 0.6 is 22.6 Å². The molecule has 0 bridgehead atoms. The fraction of sp³-hybridized carbons (Fsp3) is 0.368. The number of aryl methyl sites for hydroxylation is 2. The summed E-state index contributed by atoms with van der Waals surface area (Å²) in [4.78, 5) is 8.92. The molecule has 1 fully saturated rings. The number of aromatic nitrogens is 3. The van der Waals surface area contributed by atoms with Crippen molar-refractivity contribution >= 4 is 43.9 Å². The first-order chi connectivity index (χ1) is 14.3. The van der Waals surface area contributed by atoms with Crippen LogP contribution in [-0.2, 0) is 32.1 Å². The Morgan fingerprint density at radius 3 is 2.77 bits per heavy atom. The smallest absolute Gasteiger partial charge is 0.333 e. The molecule has 3 N–H and O–H groups in total. The van der Waals surface area contributed by atoms with E-state index in [4.69, 9.17) is 9.88 Å². The predicted molar refractivity (Wildman–Crippen MR) is 118 cm³/mol. The van der Waals surface area contributed by atoms with Crippen LogP contribution in [0.2, 0.25) is 0 Å². The van der Waals surface area contributed by atoms with Gasteiger partial charge in [-0.25, -0.2) is 15.1 Å². The van der Waals surface area contributed by atoms with Crippen LogP contribution in [-0.4, -0.2) is 46.9 Å². The number of benzene rings is 1. The molecule has 9 nitrogen and oxygen atoms in total. The third-order valence-electron chi connectivity index (χ3n) is 5.05. The van der Waals surface area contributed by atoms with Crippen LogP contribution in [0.15, 0.2) is 42.9 Å². The van der Waals surface area contributed by atoms with Crippen molar-refractivity contribution < 1.29 is 22.4 Å². The molecule has 3 heterocycles. The van der Waals surface area contributed by atoms with Gasteiger partial charge in [-0.15, -0.1) is 0 Å². The number of rotatable bonds is 7. The Balaban J connectivity index is 1.56. The Labute approximate surface area is 187 Å². The fourth-order valence-electron chi connectivity index (χ4n) is 3.61. The number of nitrogens with two attached hydrogens (primary N) is 1. The van der Waals surface area contributed by atoms with E-state index >= 15 is 0 Å². The molecule has 0 unspecified atom stereocenters. The van der Waals surface area contributed by atoms with Crippen LogP contribution in [0, 0.1) is 3.57 Å². The number of halogens is 1. The number of aliphatic hydroxyl groups is 1. The predicted octanol–water partition coefficient (Wildman–Crippen LogP) is 1.69. The molecule has 11 heteroatoms. The van der Waals surface area contributed by atoms with Gasteiger partial charge < -0.3 is 14.4 Å². The van der Waals surface area contributed by atoms with Gasteiger partial charge in [0.1, 0.15) is 24.3 Å². The Hall–Kier alpha value is -1.64. The van der Waals surface area contributed by atoms with Crippen molar-refractivity contribution in [3.8, 4) is 0 Å². The van der Waals surface area contributed by atoms with E-state index < -0.39 is 28.7 Å². The van der Waals surface area contributed by atoms with Crippen LogP contribution in [0.5, 0.6) is 0 Å². The van der Waals surface area contributed by atoms with E-state index in [9.17, 15) is 13.5 Å². The van der Waals surface area contributed by atoms with E-state index in [2.05, 4.69) is 48.9 Å². The first kappa shape index (κ1) is 21.6. The van der Waals surface area contributed by atoms with Gasteiger partial charge >= 0.3 is 10.3 Å². The van der Waals surface area contributed by atoms with Gasteiger partial charge in [0.15, 0.2) is 0 Å². The van der Waals surface area contributed by atoms with Crippen molar-refractivity contribution in [2.24, 2.45) is 5.14 Å². The van der Waals surface area contributed by atoms with Crippen molar-refractivity contribution in [3.05, 3.63) is 57.7 Å². The maximum atomic E-state index is 11.0. The zero-order chi connectivity index (χ0) is 21.3. The highest BCUT2D eigenvalue weighted by Gasteiger charge is 2.37. The second-order valence-electron chi connectivity index (χ2n) is 7.10. The van der Waals surface area contributed by atoms with Crippen LogP contribution in [0.1, 0.15) is 23.9 Å². The van der Waals surface area contributed by atoms with Gasteiger partial charge in [0, 0.05) is 16.2 Å². The molecule has 0 aliphatic carbocycles. The Bertz CT molecular complexity index is 1140. The lowest BCUT2D eigenvalue weighted by atomic mass is 10.1. The average Bonchev–Trinajstić information content (AvgIpc) is 3.25. The van der Waals surface area contributed by atoms with Crippen molar-refractivity contribution in [1.82, 2.24) is 14.5 Å². The zero-order valence-corrected chi connectivity index (χ0v) is 18.9. The molecule has 2 aromatic heterocycles. The Morgan fingerprint density at radius 2 is 2.03 bits per heavy atom. The molecule has 4 rings (SSSR count). The van der Waals surface area contributed by atoms with Gasteiger partial charge in [-0.1, -0.05) is 30.3 Å². The van der Waals surface area contributed by atoms with E-state index in [-0.39, 0.29) is 13.0 Å². The molecule has 1 aliphatic rings. The second kappa shape index (κ2) is 8.85. The van der Waals surface area contributed by atoms with Crippen LogP contribution in [0.3, 0.4) is 0 Å². The molecule has 3 aromatic rings. The Morgan fingerprint density at radius 1 is 1.27 bits per heavy atom. The molecule has 0 radical (unpaired) electrons. The van der Waals surface area contributed by atoms with Crippen LogP contribution in [0.25, 0.3) is 11.0 Å². The summed E-state index contributed by atoms with van der Waals surface area (Å²) in [5, 5.41) is 16.1. The topological polar surface area (TPSA) is 130 Å². The highest BCUT2D eigenvalue weighted by atomic mass is 127. The summed E-state index contributed by atoms with van der Waals surface area (Å²) in [6.07, 6.45) is 3.16. The van der Waals surface area contributed by atoms with Gasteiger partial charge in [0.05, 0.1) is 23.8 Å². The lowest BCUT2D eigenvalue weighted by Gasteiger charge is -2.15. The molecule has 1 aliphatic heterocycles. The third-order valence-corrected chi connectivity index (χ3v) is 6.33. The van der Waals surface area contributed by atoms with Gasteiger partial charge in [0.25, 0.3) is 0 Å². The molecular weight excluding hydrogens is 523 g/mol. The van der Waals surface area contributed by atoms with E-state index in [1.807, 2.05) is 29.0 Å². The summed E-state index contributed by atoms with van der Waals surface area (Å²) in [6, 6.07) is 10.2. The minimum absolute atomic E-state index is 0.280. The highest BCUT2D eigenvalue weighted by Crippen LogP contribution is 2.34. The molecule has 160 valence electrons. The molecule has 1 aromatic carbocycles. The van der Waals surface area contributed by atoms with Gasteiger partial charge in [0.2, 0.25) is 0 Å². The minimum Gasteiger partial charge on any atom is -0.390 e. The number of hydrogen-bond donors (Lipinski definition) is 2. The maximum Gasteiger partial charge on any atom is 0.333 e. The van der Waals surface area contributed by atoms with Crippen LogP contribution in [0.4, 0.5) is 0 Å². The van der Waals surface area contributed by atoms with Gasteiger partial charge in [-0.05, 0) is 41.0 Å². The van der Waals surface area contributed by atoms with Crippen molar-refractivity contribution in [2.45, 2.75) is 37.7 Å². The molecule has 1 saturated heterocycles. The highest BCUT2D eigenvalue weighted by molar-refractivity contribution is 14.1. The number of nitrogens with zero attached hydrogens (tertiary/aromatic N) is 3. The summed E-state index contributed by atoms with van der Waals surface area (Å²) in [7, 11) is -4.10. The summed E-state index contributed by atoms with van der Waals surface area (Å²) in [5.74, 6) is 0. The number of hydrogen-bond acceptors (Lipinski definition) is 7. The lowest BCUT2D eigenvalue weighted by Crippen LogP contribution is -2.30. The monoisotopic (exact) mass is 544 g/mol. The Kier molecular flexibility index (Phi) is 6.36. The van der Waals surface area contributed by atoms with E-state index in [0.29, 0.717) is 5.65 Å². The quantitative estimate of drug-likeness (QED) is 0.433. The van der Waals surface area contributed by atoms with E-state index in [1.54, 1.807) is 0 Å². The normalized spacial score (nSPS) is 22.0. The van der Waals surface area contributed by atoms with Gasteiger partial charge in [-0.3, -0.25) is 4.18 Å². The first-order valence-corrected chi connectivity index (χ1v) is 11.9. The number of aliphatic hydroxyl groups excluding tert-OH is 1. The molecular formula is C19H21IN4O5S. The minimum atomic E-state index is -4.10. The fourth-order valence-corrected chi connectivity index (χ4v) is 4.79. The summed E-state index contributed by atoms with van der Waals surface area (Å²) < 4.78 is 35.3. The lowest BCUT2D eigenvalue weighted by molar-refractivity contribution is -0.0369. The number of fused-ring (bicyclic) bond motifs is 1. The largest absolute Gasteiger partial charge is 0.390 e. The molecule has 0 saturated carbocycles. The van der Waals surface area contributed by atoms with E-state index in [0.717, 1.165) is 27.5 Å². The molecule has 30 heavy (non-hydrogen) atoms. The zero-order valence-electron chi connectivity index (χ0n) is 15.9. The first-order valence-electron chi connectivity index (χ1n) is 9.36. The summed E-state index contributed by atoms with van der Waals surface area (Å²) in [5.41, 5.74) is 2.89. The SMILES string of the molecule is NS(=O)(=O)OC[C@H]1O[C@@H](n2cc(I)c3c(CCc4ccccc4)ncnc32)C[C@@H]1O. The molecule has 0 spiro atoms. The third kappa shape index (κ3) is 4.81. The van der Waals surface area contributed by atoms with Crippen molar-refractivity contribution in [1.29, 1.82) is 0 Å². The number of ether oxygens (including phenoxy) is 1.